The highest BCUT2D eigenvalue weighted by molar-refractivity contribution is 7.98. The van der Waals surface area contributed by atoms with Crippen molar-refractivity contribution < 1.29 is 4.74 Å². The lowest BCUT2D eigenvalue weighted by Gasteiger charge is -2.08. The average molecular weight is 358 g/mol. The molecule has 1 aromatic carbocycles. The van der Waals surface area contributed by atoms with Crippen LogP contribution in [0.25, 0.3) is 11.4 Å². The van der Waals surface area contributed by atoms with Crippen molar-refractivity contribution in [1.82, 2.24) is 19.7 Å². The van der Waals surface area contributed by atoms with Crippen molar-refractivity contribution in [2.75, 3.05) is 7.11 Å². The van der Waals surface area contributed by atoms with Crippen molar-refractivity contribution in [2.45, 2.75) is 24.4 Å². The third-order valence-electron chi connectivity index (χ3n) is 3.39. The molecule has 124 valence electrons. The first kappa shape index (κ1) is 16.7. The van der Waals surface area contributed by atoms with Gasteiger partial charge in [0.1, 0.15) is 5.75 Å². The van der Waals surface area contributed by atoms with E-state index in [-0.39, 0.29) is 0 Å². The predicted octanol–water partition coefficient (Wildman–Crippen LogP) is 4.20. The first-order valence-corrected chi connectivity index (χ1v) is 9.30. The molecule has 0 saturated carbocycles. The number of aryl methyl sites for hydroxylation is 1. The van der Waals surface area contributed by atoms with Gasteiger partial charge in [0.2, 0.25) is 0 Å². The highest BCUT2D eigenvalue weighted by atomic mass is 32.2. The molecule has 0 amide bonds. The minimum atomic E-state index is 0.660. The van der Waals surface area contributed by atoms with Gasteiger partial charge in [0, 0.05) is 23.2 Å². The molecule has 3 rings (SSSR count). The molecule has 0 atom stereocenters. The number of thioether (sulfide) groups is 1. The van der Waals surface area contributed by atoms with Crippen LogP contribution in [0.3, 0.4) is 0 Å². The summed E-state index contributed by atoms with van der Waals surface area (Å²) in [4.78, 5) is 4.49. The van der Waals surface area contributed by atoms with Crippen molar-refractivity contribution in [1.29, 1.82) is 0 Å². The molecule has 0 spiro atoms. The summed E-state index contributed by atoms with van der Waals surface area (Å²) in [5.74, 6) is 2.43. The van der Waals surface area contributed by atoms with E-state index in [1.165, 1.54) is 0 Å². The summed E-state index contributed by atoms with van der Waals surface area (Å²) in [6.45, 7) is 6.52. The molecule has 0 radical (unpaired) electrons. The van der Waals surface area contributed by atoms with Gasteiger partial charge in [0.05, 0.1) is 17.8 Å². The molecule has 2 aromatic heterocycles. The lowest BCUT2D eigenvalue weighted by molar-refractivity contribution is 0.415. The molecule has 0 bridgehead atoms. The molecule has 3 aromatic rings. The maximum Gasteiger partial charge on any atom is 0.192 e. The van der Waals surface area contributed by atoms with Crippen LogP contribution in [0.2, 0.25) is 0 Å². The van der Waals surface area contributed by atoms with Gasteiger partial charge in [-0.3, -0.25) is 4.57 Å². The van der Waals surface area contributed by atoms with Crippen LogP contribution in [0.1, 0.15) is 10.7 Å². The smallest absolute Gasteiger partial charge is 0.192 e. The fourth-order valence-electron chi connectivity index (χ4n) is 2.26. The summed E-state index contributed by atoms with van der Waals surface area (Å²) in [5, 5.41) is 12.7. The molecule has 0 saturated heterocycles. The number of ether oxygens (including phenoxy) is 1. The highest BCUT2D eigenvalue weighted by Gasteiger charge is 2.14. The summed E-state index contributed by atoms with van der Waals surface area (Å²) in [6.07, 6.45) is 1.85. The third kappa shape index (κ3) is 3.68. The number of rotatable bonds is 7. The molecule has 0 N–H and O–H groups in total. The van der Waals surface area contributed by atoms with Crippen molar-refractivity contribution in [3.63, 3.8) is 0 Å². The van der Waals surface area contributed by atoms with E-state index in [1.807, 2.05) is 37.3 Å². The number of thiazole rings is 1. The first-order valence-electron chi connectivity index (χ1n) is 7.43. The Hall–Kier alpha value is -2.12. The molecule has 2 heterocycles. The lowest BCUT2D eigenvalue weighted by Crippen LogP contribution is -2.00. The summed E-state index contributed by atoms with van der Waals surface area (Å²) in [5.41, 5.74) is 2.07. The molecule has 0 fully saturated rings. The number of aromatic nitrogens is 4. The van der Waals surface area contributed by atoms with E-state index in [1.54, 1.807) is 30.2 Å². The second-order valence-electron chi connectivity index (χ2n) is 5.08. The number of nitrogens with zero attached hydrogens (tertiary/aromatic N) is 4. The first-order chi connectivity index (χ1) is 11.7. The number of methoxy groups -OCH3 is 1. The van der Waals surface area contributed by atoms with Crippen LogP contribution in [-0.2, 0) is 12.3 Å². The Bertz CT molecular complexity index is 823. The van der Waals surface area contributed by atoms with Crippen molar-refractivity contribution >= 4 is 23.1 Å². The monoisotopic (exact) mass is 358 g/mol. The Morgan fingerprint density at radius 2 is 2.08 bits per heavy atom. The van der Waals surface area contributed by atoms with Gasteiger partial charge in [-0.25, -0.2) is 4.98 Å². The Morgan fingerprint density at radius 1 is 1.29 bits per heavy atom. The molecular weight excluding hydrogens is 340 g/mol. The van der Waals surface area contributed by atoms with Gasteiger partial charge in [-0.2, -0.15) is 0 Å². The number of hydrogen-bond donors (Lipinski definition) is 0. The standard InChI is InChI=1S/C17H18N4OS2/c1-4-9-21-16(13-5-7-15(22-3)8-6-13)19-20-17(21)24-11-14-10-23-12(2)18-14/h4-8,10H,1,9,11H2,2-3H3. The van der Waals surface area contributed by atoms with Crippen molar-refractivity contribution in [2.24, 2.45) is 0 Å². The maximum atomic E-state index is 5.21. The molecule has 0 unspecified atom stereocenters. The van der Waals surface area contributed by atoms with Gasteiger partial charge in [0.15, 0.2) is 11.0 Å². The van der Waals surface area contributed by atoms with Crippen LogP contribution >= 0.6 is 23.1 Å². The molecule has 24 heavy (non-hydrogen) atoms. The molecular formula is C17H18N4OS2. The van der Waals surface area contributed by atoms with Crippen molar-refractivity contribution in [3.8, 4) is 17.1 Å². The van der Waals surface area contributed by atoms with Gasteiger partial charge < -0.3 is 4.74 Å². The van der Waals surface area contributed by atoms with Gasteiger partial charge >= 0.3 is 0 Å². The number of hydrogen-bond acceptors (Lipinski definition) is 6. The molecule has 5 nitrogen and oxygen atoms in total. The highest BCUT2D eigenvalue weighted by Crippen LogP contribution is 2.27. The van der Waals surface area contributed by atoms with E-state index < -0.39 is 0 Å². The second-order valence-corrected chi connectivity index (χ2v) is 7.09. The van der Waals surface area contributed by atoms with E-state index in [2.05, 4.69) is 31.7 Å². The van der Waals surface area contributed by atoms with Gasteiger partial charge in [-0.1, -0.05) is 17.8 Å². The number of benzene rings is 1. The molecule has 0 aliphatic carbocycles. The van der Waals surface area contributed by atoms with E-state index >= 15 is 0 Å². The van der Waals surface area contributed by atoms with E-state index in [0.717, 1.165) is 38.7 Å². The maximum absolute atomic E-state index is 5.21. The number of allylic oxidation sites excluding steroid dienone is 1. The molecule has 7 heteroatoms. The van der Waals surface area contributed by atoms with E-state index in [9.17, 15) is 0 Å². The zero-order chi connectivity index (χ0) is 16.9. The SMILES string of the molecule is C=CCn1c(SCc2csc(C)n2)nnc1-c1ccc(OC)cc1. The van der Waals surface area contributed by atoms with Gasteiger partial charge in [-0.05, 0) is 31.2 Å². The van der Waals surface area contributed by atoms with Gasteiger partial charge in [-0.15, -0.1) is 28.1 Å². The normalized spacial score (nSPS) is 10.8. The predicted molar refractivity (Wildman–Crippen MR) is 98.6 cm³/mol. The van der Waals surface area contributed by atoms with Crippen LogP contribution in [0.5, 0.6) is 5.75 Å². The van der Waals surface area contributed by atoms with Crippen LogP contribution in [0.15, 0.2) is 47.5 Å². The fraction of sp³-hybridized carbons (Fsp3) is 0.235. The summed E-state index contributed by atoms with van der Waals surface area (Å²) in [7, 11) is 1.66. The zero-order valence-corrected chi connectivity index (χ0v) is 15.2. The van der Waals surface area contributed by atoms with E-state index in [4.69, 9.17) is 4.74 Å². The molecule has 0 aliphatic rings. The average Bonchev–Trinajstić information content (AvgIpc) is 3.20. The topological polar surface area (TPSA) is 52.8 Å². The zero-order valence-electron chi connectivity index (χ0n) is 13.6. The van der Waals surface area contributed by atoms with Crippen molar-refractivity contribution in [3.05, 3.63) is 53.0 Å². The Kier molecular flexibility index (Phi) is 5.32. The quantitative estimate of drug-likeness (QED) is 0.468. The van der Waals surface area contributed by atoms with E-state index in [0.29, 0.717) is 6.54 Å². The minimum Gasteiger partial charge on any atom is -0.497 e. The summed E-state index contributed by atoms with van der Waals surface area (Å²) >= 11 is 3.30. The lowest BCUT2D eigenvalue weighted by atomic mass is 10.2. The fourth-order valence-corrected chi connectivity index (χ4v) is 3.81. The largest absolute Gasteiger partial charge is 0.497 e. The molecule has 0 aliphatic heterocycles. The second kappa shape index (κ2) is 7.63. The Labute approximate surface area is 149 Å². The van der Waals surface area contributed by atoms with Crippen LogP contribution in [0.4, 0.5) is 0 Å². The van der Waals surface area contributed by atoms with Crippen LogP contribution in [0, 0.1) is 6.92 Å². The Morgan fingerprint density at radius 3 is 2.71 bits per heavy atom. The third-order valence-corrected chi connectivity index (χ3v) is 5.22. The minimum absolute atomic E-state index is 0.660. The van der Waals surface area contributed by atoms with Gasteiger partial charge in [0.25, 0.3) is 0 Å². The Balaban J connectivity index is 1.84. The van der Waals surface area contributed by atoms with Crippen LogP contribution in [-0.4, -0.2) is 26.9 Å². The van der Waals surface area contributed by atoms with Crippen LogP contribution < -0.4 is 4.74 Å². The summed E-state index contributed by atoms with van der Waals surface area (Å²) in [6, 6.07) is 7.82. The summed E-state index contributed by atoms with van der Waals surface area (Å²) < 4.78 is 7.28.